The van der Waals surface area contributed by atoms with Gasteiger partial charge in [-0.15, -0.1) is 0 Å². The molecule has 0 unspecified atom stereocenters. The Balaban J connectivity index is 1.56. The minimum Gasteiger partial charge on any atom is -0.497 e. The van der Waals surface area contributed by atoms with Crippen molar-refractivity contribution in [3.8, 4) is 11.5 Å². The van der Waals surface area contributed by atoms with Crippen LogP contribution in [0.5, 0.6) is 11.5 Å². The van der Waals surface area contributed by atoms with Crippen molar-refractivity contribution >= 4 is 34.0 Å². The first-order valence-electron chi connectivity index (χ1n) is 9.58. The van der Waals surface area contributed by atoms with Gasteiger partial charge in [-0.1, -0.05) is 11.6 Å². The van der Waals surface area contributed by atoms with Crippen molar-refractivity contribution in [2.75, 3.05) is 19.5 Å². The van der Waals surface area contributed by atoms with Gasteiger partial charge in [0.15, 0.2) is 5.82 Å². The topological polar surface area (TPSA) is 60.7 Å². The minimum atomic E-state index is 0.558. The van der Waals surface area contributed by atoms with Crippen LogP contribution in [0.25, 0.3) is 16.6 Å². The number of aromatic nitrogens is 3. The molecule has 7 heteroatoms. The van der Waals surface area contributed by atoms with E-state index in [0.717, 1.165) is 39.4 Å². The molecule has 0 saturated heterocycles. The first-order chi connectivity index (χ1) is 14.2. The minimum absolute atomic E-state index is 0.558. The zero-order valence-electron chi connectivity index (χ0n) is 16.3. The Bertz CT molecular complexity index is 1220. The summed E-state index contributed by atoms with van der Waals surface area (Å²) < 4.78 is 12.9. The molecule has 1 N–H and O–H groups in total. The number of fused-ring (bicyclic) bond motifs is 3. The summed E-state index contributed by atoms with van der Waals surface area (Å²) in [7, 11) is 3.30. The van der Waals surface area contributed by atoms with E-state index in [4.69, 9.17) is 26.1 Å². The number of hydrogen-bond acceptors (Lipinski definition) is 5. The van der Waals surface area contributed by atoms with Crippen LogP contribution in [0.1, 0.15) is 29.9 Å². The SMILES string of the molecule is COc1ccc(CNc2nc3cc(Cl)cc(C4CC4)c3n3cncc23)c(OC)c1. The van der Waals surface area contributed by atoms with Gasteiger partial charge in [0.2, 0.25) is 0 Å². The molecule has 0 amide bonds. The highest BCUT2D eigenvalue weighted by molar-refractivity contribution is 6.31. The molecule has 1 saturated carbocycles. The van der Waals surface area contributed by atoms with Gasteiger partial charge in [0.1, 0.15) is 17.0 Å². The van der Waals surface area contributed by atoms with Crippen molar-refractivity contribution in [1.29, 1.82) is 0 Å². The number of methoxy groups -OCH3 is 2. The molecule has 4 aromatic rings. The van der Waals surface area contributed by atoms with E-state index in [0.29, 0.717) is 17.5 Å². The van der Waals surface area contributed by atoms with Gasteiger partial charge in [0.05, 0.1) is 37.8 Å². The van der Waals surface area contributed by atoms with E-state index in [2.05, 4.69) is 20.8 Å². The quantitative estimate of drug-likeness (QED) is 0.484. The van der Waals surface area contributed by atoms with Crippen molar-refractivity contribution < 1.29 is 9.47 Å². The van der Waals surface area contributed by atoms with Gasteiger partial charge in [-0.3, -0.25) is 4.40 Å². The van der Waals surface area contributed by atoms with Crippen LogP contribution in [0.3, 0.4) is 0 Å². The molecule has 5 rings (SSSR count). The average Bonchev–Trinajstić information content (AvgIpc) is 3.47. The molecule has 148 valence electrons. The van der Waals surface area contributed by atoms with Gasteiger partial charge in [0.25, 0.3) is 0 Å². The molecule has 0 bridgehead atoms. The summed E-state index contributed by atoms with van der Waals surface area (Å²) in [5.74, 6) is 2.85. The molecule has 0 aliphatic heterocycles. The van der Waals surface area contributed by atoms with Crippen molar-refractivity contribution in [2.24, 2.45) is 0 Å². The van der Waals surface area contributed by atoms with Gasteiger partial charge >= 0.3 is 0 Å². The third-order valence-electron chi connectivity index (χ3n) is 5.40. The summed E-state index contributed by atoms with van der Waals surface area (Å²) in [6, 6.07) is 9.77. The number of hydrogen-bond donors (Lipinski definition) is 1. The van der Waals surface area contributed by atoms with Crippen LogP contribution in [0.15, 0.2) is 42.9 Å². The van der Waals surface area contributed by atoms with E-state index in [1.807, 2.05) is 36.8 Å². The molecule has 1 fully saturated rings. The van der Waals surface area contributed by atoms with Gasteiger partial charge < -0.3 is 14.8 Å². The van der Waals surface area contributed by atoms with E-state index in [1.54, 1.807) is 14.2 Å². The average molecular weight is 409 g/mol. The number of rotatable bonds is 6. The fourth-order valence-electron chi connectivity index (χ4n) is 3.79. The van der Waals surface area contributed by atoms with Gasteiger partial charge in [-0.25, -0.2) is 9.97 Å². The second kappa shape index (κ2) is 7.12. The van der Waals surface area contributed by atoms with Crippen molar-refractivity contribution in [2.45, 2.75) is 25.3 Å². The summed E-state index contributed by atoms with van der Waals surface area (Å²) >= 11 is 6.40. The molecular formula is C22H21ClN4O2. The third kappa shape index (κ3) is 3.23. The summed E-state index contributed by atoms with van der Waals surface area (Å²) in [6.07, 6.45) is 6.08. The molecule has 2 heterocycles. The highest BCUT2D eigenvalue weighted by Gasteiger charge is 2.27. The molecule has 0 atom stereocenters. The maximum atomic E-state index is 6.40. The second-order valence-corrected chi connectivity index (χ2v) is 7.71. The molecule has 29 heavy (non-hydrogen) atoms. The predicted molar refractivity (Wildman–Crippen MR) is 114 cm³/mol. The van der Waals surface area contributed by atoms with Crippen molar-refractivity contribution in [3.05, 3.63) is 59.0 Å². The molecule has 0 radical (unpaired) electrons. The summed E-state index contributed by atoms with van der Waals surface area (Å²) in [5, 5.41) is 4.16. The first-order valence-corrected chi connectivity index (χ1v) is 9.95. The number of benzene rings is 2. The smallest absolute Gasteiger partial charge is 0.153 e. The van der Waals surface area contributed by atoms with Crippen LogP contribution >= 0.6 is 11.6 Å². The van der Waals surface area contributed by atoms with Crippen molar-refractivity contribution in [3.63, 3.8) is 0 Å². The summed E-state index contributed by atoms with van der Waals surface area (Å²) in [5.41, 5.74) is 5.17. The van der Waals surface area contributed by atoms with Crippen molar-refractivity contribution in [1.82, 2.24) is 14.4 Å². The van der Waals surface area contributed by atoms with E-state index in [9.17, 15) is 0 Å². The molecule has 1 aliphatic rings. The normalized spacial score (nSPS) is 13.8. The predicted octanol–water partition coefficient (Wildman–Crippen LogP) is 5.04. The molecule has 2 aromatic carbocycles. The second-order valence-electron chi connectivity index (χ2n) is 7.28. The van der Waals surface area contributed by atoms with Crippen LogP contribution in [-0.4, -0.2) is 28.6 Å². The maximum absolute atomic E-state index is 6.40. The number of ether oxygens (including phenoxy) is 2. The van der Waals surface area contributed by atoms with E-state index in [-0.39, 0.29) is 0 Å². The summed E-state index contributed by atoms with van der Waals surface area (Å²) in [6.45, 7) is 0.558. The van der Waals surface area contributed by atoms with Gasteiger partial charge in [-0.2, -0.15) is 0 Å². The third-order valence-corrected chi connectivity index (χ3v) is 5.61. The Morgan fingerprint density at radius 1 is 1.17 bits per heavy atom. The molecular weight excluding hydrogens is 388 g/mol. The lowest BCUT2D eigenvalue weighted by Gasteiger charge is -2.15. The fourth-order valence-corrected chi connectivity index (χ4v) is 4.01. The molecule has 2 aromatic heterocycles. The maximum Gasteiger partial charge on any atom is 0.153 e. The highest BCUT2D eigenvalue weighted by atomic mass is 35.5. The van der Waals surface area contributed by atoms with E-state index in [1.165, 1.54) is 18.4 Å². The summed E-state index contributed by atoms with van der Waals surface area (Å²) in [4.78, 5) is 9.27. The van der Waals surface area contributed by atoms with E-state index >= 15 is 0 Å². The van der Waals surface area contributed by atoms with Gasteiger partial charge in [-0.05, 0) is 48.6 Å². The Labute approximate surface area is 173 Å². The van der Waals surface area contributed by atoms with Gasteiger partial charge in [0, 0.05) is 23.2 Å². The molecule has 0 spiro atoms. The lowest BCUT2D eigenvalue weighted by Crippen LogP contribution is -2.06. The first kappa shape index (κ1) is 18.1. The Morgan fingerprint density at radius 3 is 2.79 bits per heavy atom. The standard InChI is InChI=1S/C22H21ClN4O2/c1-28-16-6-5-14(20(9-16)29-2)10-25-22-19-11-24-12-27(19)21-17(13-3-4-13)7-15(23)8-18(21)26-22/h5-9,11-13H,3-4,10H2,1-2H3,(H,25,26). The fraction of sp³-hybridized carbons (Fsp3) is 0.273. The van der Waals surface area contributed by atoms with Crippen LogP contribution in [0.2, 0.25) is 5.02 Å². The van der Waals surface area contributed by atoms with Crippen LogP contribution in [-0.2, 0) is 6.54 Å². The zero-order chi connectivity index (χ0) is 20.0. The largest absolute Gasteiger partial charge is 0.497 e. The molecule has 6 nitrogen and oxygen atoms in total. The lowest BCUT2D eigenvalue weighted by molar-refractivity contribution is 0.391. The number of imidazole rings is 1. The molecule has 1 aliphatic carbocycles. The van der Waals surface area contributed by atoms with Crippen LogP contribution in [0.4, 0.5) is 5.82 Å². The van der Waals surface area contributed by atoms with E-state index < -0.39 is 0 Å². The number of nitrogens with one attached hydrogen (secondary N) is 1. The number of halogens is 1. The number of nitrogens with zero attached hydrogens (tertiary/aromatic N) is 3. The number of anilines is 1. The lowest BCUT2D eigenvalue weighted by atomic mass is 10.1. The monoisotopic (exact) mass is 408 g/mol. The Hall–Kier alpha value is -2.99. The Morgan fingerprint density at radius 2 is 2.03 bits per heavy atom. The van der Waals surface area contributed by atoms with Crippen LogP contribution in [0, 0.1) is 0 Å². The highest BCUT2D eigenvalue weighted by Crippen LogP contribution is 2.44. The Kier molecular flexibility index (Phi) is 4.43. The zero-order valence-corrected chi connectivity index (χ0v) is 17.0. The van der Waals surface area contributed by atoms with Crippen LogP contribution < -0.4 is 14.8 Å².